The molecule has 0 bridgehead atoms. The van der Waals surface area contributed by atoms with Crippen molar-refractivity contribution in [3.8, 4) is 5.75 Å². The van der Waals surface area contributed by atoms with Gasteiger partial charge in [-0.2, -0.15) is 0 Å². The highest BCUT2D eigenvalue weighted by atomic mass is 32.1. The lowest BCUT2D eigenvalue weighted by molar-refractivity contribution is 0.0953. The largest absolute Gasteiger partial charge is 0.507 e. The molecule has 0 spiro atoms. The van der Waals surface area contributed by atoms with Crippen molar-refractivity contribution in [2.45, 2.75) is 19.4 Å². The predicted octanol–water partition coefficient (Wildman–Crippen LogP) is 1.59. The molecule has 2 atom stereocenters. The van der Waals surface area contributed by atoms with Gasteiger partial charge in [-0.3, -0.25) is 4.79 Å². The topological polar surface area (TPSA) is 49.3 Å². The van der Waals surface area contributed by atoms with Crippen LogP contribution in [0.1, 0.15) is 23.0 Å². The first kappa shape index (κ1) is 8.56. The van der Waals surface area contributed by atoms with Crippen molar-refractivity contribution in [3.63, 3.8) is 0 Å². The summed E-state index contributed by atoms with van der Waals surface area (Å²) in [5, 5.41) is 13.5. The van der Waals surface area contributed by atoms with Gasteiger partial charge in [0.25, 0.3) is 5.91 Å². The van der Waals surface area contributed by atoms with Gasteiger partial charge >= 0.3 is 0 Å². The molecule has 0 aliphatic heterocycles. The summed E-state index contributed by atoms with van der Waals surface area (Å²) < 4.78 is 0. The molecule has 2 N–H and O–H groups in total. The van der Waals surface area contributed by atoms with Gasteiger partial charge in [0.2, 0.25) is 0 Å². The number of rotatable bonds is 2. The normalized spacial score (nSPS) is 25.6. The van der Waals surface area contributed by atoms with E-state index in [1.165, 1.54) is 17.4 Å². The van der Waals surface area contributed by atoms with Crippen molar-refractivity contribution in [3.05, 3.63) is 16.3 Å². The van der Waals surface area contributed by atoms with E-state index in [9.17, 15) is 4.79 Å². The van der Waals surface area contributed by atoms with Crippen LogP contribution in [0.3, 0.4) is 0 Å². The van der Waals surface area contributed by atoms with E-state index in [1.807, 2.05) is 0 Å². The molecule has 1 fully saturated rings. The molecular formula is C9H11NO2S. The maximum absolute atomic E-state index is 11.4. The number of amides is 1. The van der Waals surface area contributed by atoms with Crippen molar-refractivity contribution in [1.29, 1.82) is 0 Å². The molecule has 70 valence electrons. The molecule has 2 rings (SSSR count). The Morgan fingerprint density at radius 2 is 2.46 bits per heavy atom. The van der Waals surface area contributed by atoms with Crippen LogP contribution in [-0.2, 0) is 0 Å². The highest BCUT2D eigenvalue weighted by Crippen LogP contribution is 2.30. The molecule has 0 saturated heterocycles. The molecule has 1 saturated carbocycles. The van der Waals surface area contributed by atoms with Crippen LogP contribution in [-0.4, -0.2) is 17.1 Å². The lowest BCUT2D eigenvalue weighted by Gasteiger charge is -1.99. The van der Waals surface area contributed by atoms with E-state index < -0.39 is 0 Å². The summed E-state index contributed by atoms with van der Waals surface area (Å²) in [6, 6.07) is 1.84. The third-order valence-corrected chi connectivity index (χ3v) is 3.15. The first-order valence-corrected chi connectivity index (χ1v) is 5.13. The Bertz CT molecular complexity index is 334. The van der Waals surface area contributed by atoms with E-state index in [1.54, 1.807) is 5.38 Å². The SMILES string of the molecule is CC1CC1NC(=O)c1cc(O)cs1. The van der Waals surface area contributed by atoms with Crippen LogP contribution in [0.2, 0.25) is 0 Å². The third kappa shape index (κ3) is 1.83. The van der Waals surface area contributed by atoms with E-state index in [4.69, 9.17) is 5.11 Å². The summed E-state index contributed by atoms with van der Waals surface area (Å²) in [6.45, 7) is 2.11. The fraction of sp³-hybridized carbons (Fsp3) is 0.444. The molecule has 0 radical (unpaired) electrons. The monoisotopic (exact) mass is 197 g/mol. The van der Waals surface area contributed by atoms with Crippen LogP contribution in [0.25, 0.3) is 0 Å². The fourth-order valence-electron chi connectivity index (χ4n) is 1.21. The number of nitrogens with one attached hydrogen (secondary N) is 1. The summed E-state index contributed by atoms with van der Waals surface area (Å²) in [4.78, 5) is 12.0. The first-order valence-electron chi connectivity index (χ1n) is 4.25. The average Bonchev–Trinajstić information content (AvgIpc) is 2.62. The summed E-state index contributed by atoms with van der Waals surface area (Å²) in [5.41, 5.74) is 0. The Hall–Kier alpha value is -1.03. The molecule has 1 heterocycles. The van der Waals surface area contributed by atoms with Gasteiger partial charge in [0.1, 0.15) is 5.75 Å². The second kappa shape index (κ2) is 3.03. The number of carbonyl (C=O) groups excluding carboxylic acids is 1. The molecule has 1 aromatic heterocycles. The highest BCUT2D eigenvalue weighted by molar-refractivity contribution is 7.12. The van der Waals surface area contributed by atoms with Crippen LogP contribution in [0, 0.1) is 5.92 Å². The zero-order chi connectivity index (χ0) is 9.42. The van der Waals surface area contributed by atoms with Gasteiger partial charge in [-0.25, -0.2) is 0 Å². The molecule has 4 heteroatoms. The minimum atomic E-state index is -0.0698. The Labute approximate surface area is 80.4 Å². The van der Waals surface area contributed by atoms with E-state index in [-0.39, 0.29) is 11.7 Å². The van der Waals surface area contributed by atoms with Gasteiger partial charge in [-0.05, 0) is 12.3 Å². The number of aromatic hydroxyl groups is 1. The highest BCUT2D eigenvalue weighted by Gasteiger charge is 2.34. The molecule has 1 aliphatic carbocycles. The van der Waals surface area contributed by atoms with E-state index in [0.29, 0.717) is 16.8 Å². The first-order chi connectivity index (χ1) is 6.16. The molecule has 1 aliphatic rings. The lowest BCUT2D eigenvalue weighted by Crippen LogP contribution is -2.25. The number of carbonyl (C=O) groups is 1. The van der Waals surface area contributed by atoms with Gasteiger partial charge < -0.3 is 10.4 Å². The van der Waals surface area contributed by atoms with Crippen molar-refractivity contribution in [2.24, 2.45) is 5.92 Å². The molecule has 0 aromatic carbocycles. The summed E-state index contributed by atoms with van der Waals surface area (Å²) in [7, 11) is 0. The molecular weight excluding hydrogens is 186 g/mol. The second-order valence-electron chi connectivity index (χ2n) is 3.46. The van der Waals surface area contributed by atoms with Crippen molar-refractivity contribution in [1.82, 2.24) is 5.32 Å². The van der Waals surface area contributed by atoms with Crippen molar-refractivity contribution < 1.29 is 9.90 Å². The van der Waals surface area contributed by atoms with Crippen LogP contribution < -0.4 is 5.32 Å². The minimum Gasteiger partial charge on any atom is -0.507 e. The van der Waals surface area contributed by atoms with E-state index in [2.05, 4.69) is 12.2 Å². The minimum absolute atomic E-state index is 0.0698. The van der Waals surface area contributed by atoms with Gasteiger partial charge in [0.15, 0.2) is 0 Å². The maximum Gasteiger partial charge on any atom is 0.261 e. The Balaban J connectivity index is 1.97. The quantitative estimate of drug-likeness (QED) is 0.756. The smallest absolute Gasteiger partial charge is 0.261 e. The van der Waals surface area contributed by atoms with Gasteiger partial charge in [-0.1, -0.05) is 6.92 Å². The Morgan fingerprint density at radius 3 is 2.92 bits per heavy atom. The summed E-state index contributed by atoms with van der Waals surface area (Å²) in [5.74, 6) is 0.705. The lowest BCUT2D eigenvalue weighted by atomic mass is 10.4. The predicted molar refractivity (Wildman–Crippen MR) is 51.0 cm³/mol. The number of hydrogen-bond acceptors (Lipinski definition) is 3. The van der Waals surface area contributed by atoms with Crippen LogP contribution >= 0.6 is 11.3 Å². The van der Waals surface area contributed by atoms with Gasteiger partial charge in [0, 0.05) is 17.5 Å². The number of hydrogen-bond donors (Lipinski definition) is 2. The molecule has 1 aromatic rings. The third-order valence-electron chi connectivity index (χ3n) is 2.24. The van der Waals surface area contributed by atoms with Crippen molar-refractivity contribution in [2.75, 3.05) is 0 Å². The van der Waals surface area contributed by atoms with Crippen LogP contribution in [0.4, 0.5) is 0 Å². The van der Waals surface area contributed by atoms with Crippen LogP contribution in [0.5, 0.6) is 5.75 Å². The average molecular weight is 197 g/mol. The van der Waals surface area contributed by atoms with E-state index in [0.717, 1.165) is 6.42 Å². The number of thiophene rings is 1. The zero-order valence-corrected chi connectivity index (χ0v) is 8.10. The maximum atomic E-state index is 11.4. The zero-order valence-electron chi connectivity index (χ0n) is 7.28. The standard InChI is InChI=1S/C9H11NO2S/c1-5-2-7(5)10-9(12)8-3-6(11)4-13-8/h3-5,7,11H,2H2,1H3,(H,10,12). The fourth-order valence-corrected chi connectivity index (χ4v) is 1.88. The Morgan fingerprint density at radius 1 is 1.77 bits per heavy atom. The summed E-state index contributed by atoms with van der Waals surface area (Å²) >= 11 is 1.27. The van der Waals surface area contributed by atoms with Crippen molar-refractivity contribution >= 4 is 17.2 Å². The van der Waals surface area contributed by atoms with Crippen LogP contribution in [0.15, 0.2) is 11.4 Å². The second-order valence-corrected chi connectivity index (χ2v) is 4.37. The molecule has 3 nitrogen and oxygen atoms in total. The van der Waals surface area contributed by atoms with E-state index >= 15 is 0 Å². The molecule has 1 amide bonds. The Kier molecular flexibility index (Phi) is 2.00. The van der Waals surface area contributed by atoms with Gasteiger partial charge in [-0.15, -0.1) is 11.3 Å². The van der Waals surface area contributed by atoms with Gasteiger partial charge in [0.05, 0.1) is 4.88 Å². The summed E-state index contributed by atoms with van der Waals surface area (Å²) in [6.07, 6.45) is 1.07. The molecule has 2 unspecified atom stereocenters. The molecule has 13 heavy (non-hydrogen) atoms.